The van der Waals surface area contributed by atoms with Crippen LogP contribution >= 0.6 is 15.9 Å². The molecule has 0 radical (unpaired) electrons. The van der Waals surface area contributed by atoms with Crippen molar-refractivity contribution in [2.24, 2.45) is 0 Å². The van der Waals surface area contributed by atoms with Gasteiger partial charge in [0.05, 0.1) is 0 Å². The fourth-order valence-electron chi connectivity index (χ4n) is 2.62. The highest BCUT2D eigenvalue weighted by atomic mass is 79.9. The first-order valence-corrected chi connectivity index (χ1v) is 8.42. The summed E-state index contributed by atoms with van der Waals surface area (Å²) in [6.07, 6.45) is 3.81. The molecule has 1 heterocycles. The lowest BCUT2D eigenvalue weighted by molar-refractivity contribution is -0.142. The van der Waals surface area contributed by atoms with Gasteiger partial charge < -0.3 is 9.64 Å². The zero-order valence-electron chi connectivity index (χ0n) is 12.9. The van der Waals surface area contributed by atoms with Gasteiger partial charge in [0, 0.05) is 22.8 Å². The molecule has 122 valence electrons. The summed E-state index contributed by atoms with van der Waals surface area (Å²) in [6.45, 7) is 0.371. The van der Waals surface area contributed by atoms with Gasteiger partial charge in [-0.3, -0.25) is 4.79 Å². The van der Waals surface area contributed by atoms with Gasteiger partial charge in [-0.05, 0) is 35.8 Å². The van der Waals surface area contributed by atoms with Gasteiger partial charge in [0.1, 0.15) is 0 Å². The lowest BCUT2D eigenvalue weighted by Crippen LogP contribution is -2.33. The standard InChI is InChI=1S/C19H16BrNO3/c20-16-7-3-1-5-14(16)9-10-19(23)24-13-18(22)21-12-11-15-6-2-4-8-17(15)21/h1-10H,11-13H2/b10-9+. The summed E-state index contributed by atoms with van der Waals surface area (Å²) in [5.74, 6) is -0.742. The van der Waals surface area contributed by atoms with E-state index in [1.807, 2.05) is 48.5 Å². The Kier molecular flexibility index (Phi) is 5.11. The summed E-state index contributed by atoms with van der Waals surface area (Å²) in [5.41, 5.74) is 2.92. The zero-order valence-corrected chi connectivity index (χ0v) is 14.5. The maximum absolute atomic E-state index is 12.3. The SMILES string of the molecule is O=C(/C=C/c1ccccc1Br)OCC(=O)N1CCc2ccccc21. The fraction of sp³-hybridized carbons (Fsp3) is 0.158. The maximum Gasteiger partial charge on any atom is 0.331 e. The van der Waals surface area contributed by atoms with Crippen molar-refractivity contribution in [2.45, 2.75) is 6.42 Å². The molecular formula is C19H16BrNO3. The Balaban J connectivity index is 1.55. The lowest BCUT2D eigenvalue weighted by atomic mass is 10.2. The smallest absolute Gasteiger partial charge is 0.331 e. The molecular weight excluding hydrogens is 370 g/mol. The van der Waals surface area contributed by atoms with Crippen molar-refractivity contribution in [3.05, 3.63) is 70.2 Å². The molecule has 0 bridgehead atoms. The molecule has 0 atom stereocenters. The molecule has 3 rings (SSSR count). The highest BCUT2D eigenvalue weighted by molar-refractivity contribution is 9.10. The molecule has 0 unspecified atom stereocenters. The number of fused-ring (bicyclic) bond motifs is 1. The molecule has 1 amide bonds. The molecule has 2 aromatic carbocycles. The van der Waals surface area contributed by atoms with Crippen LogP contribution in [0.1, 0.15) is 11.1 Å². The van der Waals surface area contributed by atoms with E-state index in [0.29, 0.717) is 6.54 Å². The summed E-state index contributed by atoms with van der Waals surface area (Å²) in [5, 5.41) is 0. The number of para-hydroxylation sites is 1. The molecule has 0 saturated carbocycles. The van der Waals surface area contributed by atoms with Crippen molar-refractivity contribution >= 4 is 39.6 Å². The van der Waals surface area contributed by atoms with E-state index in [1.54, 1.807) is 11.0 Å². The van der Waals surface area contributed by atoms with Gasteiger partial charge in [-0.1, -0.05) is 52.3 Å². The number of halogens is 1. The van der Waals surface area contributed by atoms with Crippen molar-refractivity contribution < 1.29 is 14.3 Å². The monoisotopic (exact) mass is 385 g/mol. The van der Waals surface area contributed by atoms with E-state index in [-0.39, 0.29) is 12.5 Å². The van der Waals surface area contributed by atoms with Crippen molar-refractivity contribution in [2.75, 3.05) is 18.1 Å². The number of benzene rings is 2. The van der Waals surface area contributed by atoms with Crippen LogP contribution in [-0.4, -0.2) is 25.0 Å². The number of hydrogen-bond acceptors (Lipinski definition) is 3. The Morgan fingerprint density at radius 2 is 1.88 bits per heavy atom. The number of carbonyl (C=O) groups is 2. The fourth-order valence-corrected chi connectivity index (χ4v) is 3.04. The third-order valence-electron chi connectivity index (χ3n) is 3.83. The summed E-state index contributed by atoms with van der Waals surface area (Å²) in [4.78, 5) is 25.7. The lowest BCUT2D eigenvalue weighted by Gasteiger charge is -2.16. The first-order chi connectivity index (χ1) is 11.6. The summed E-state index contributed by atoms with van der Waals surface area (Å²) in [7, 11) is 0. The Morgan fingerprint density at radius 1 is 1.12 bits per heavy atom. The molecule has 0 aromatic heterocycles. The number of ether oxygens (including phenoxy) is 1. The molecule has 0 spiro atoms. The molecule has 24 heavy (non-hydrogen) atoms. The van der Waals surface area contributed by atoms with Crippen LogP contribution in [0.5, 0.6) is 0 Å². The third kappa shape index (κ3) is 3.74. The van der Waals surface area contributed by atoms with E-state index in [1.165, 1.54) is 6.08 Å². The summed E-state index contributed by atoms with van der Waals surface area (Å²) >= 11 is 3.40. The van der Waals surface area contributed by atoms with Crippen LogP contribution in [-0.2, 0) is 20.7 Å². The molecule has 1 aliphatic heterocycles. The minimum atomic E-state index is -0.536. The van der Waals surface area contributed by atoms with Gasteiger partial charge in [-0.25, -0.2) is 4.79 Å². The van der Waals surface area contributed by atoms with Crippen molar-refractivity contribution in [1.82, 2.24) is 0 Å². The van der Waals surface area contributed by atoms with Gasteiger partial charge in [-0.15, -0.1) is 0 Å². The first kappa shape index (κ1) is 16.5. The topological polar surface area (TPSA) is 46.6 Å². The molecule has 2 aromatic rings. The average Bonchev–Trinajstić information content (AvgIpc) is 3.03. The van der Waals surface area contributed by atoms with Gasteiger partial charge >= 0.3 is 5.97 Å². The predicted octanol–water partition coefficient (Wildman–Crippen LogP) is 3.59. The van der Waals surface area contributed by atoms with Crippen molar-refractivity contribution in [3.8, 4) is 0 Å². The number of carbonyl (C=O) groups excluding carboxylic acids is 2. The van der Waals surface area contributed by atoms with Crippen LogP contribution in [0.15, 0.2) is 59.1 Å². The Labute approximate surface area is 148 Å². The predicted molar refractivity (Wildman–Crippen MR) is 96.6 cm³/mol. The highest BCUT2D eigenvalue weighted by Crippen LogP contribution is 2.27. The number of esters is 1. The largest absolute Gasteiger partial charge is 0.452 e. The van der Waals surface area contributed by atoms with Crippen molar-refractivity contribution in [1.29, 1.82) is 0 Å². The maximum atomic E-state index is 12.3. The molecule has 0 saturated heterocycles. The quantitative estimate of drug-likeness (QED) is 0.596. The second kappa shape index (κ2) is 7.45. The van der Waals surface area contributed by atoms with E-state index in [0.717, 1.165) is 27.7 Å². The van der Waals surface area contributed by atoms with E-state index in [2.05, 4.69) is 15.9 Å². The molecule has 1 aliphatic rings. The zero-order chi connectivity index (χ0) is 16.9. The normalized spacial score (nSPS) is 13.1. The Bertz CT molecular complexity index is 801. The van der Waals surface area contributed by atoms with E-state index in [9.17, 15) is 9.59 Å². The van der Waals surface area contributed by atoms with Gasteiger partial charge in [0.15, 0.2) is 6.61 Å². The van der Waals surface area contributed by atoms with Gasteiger partial charge in [0.2, 0.25) is 0 Å². The van der Waals surface area contributed by atoms with Crippen LogP contribution in [0.4, 0.5) is 5.69 Å². The first-order valence-electron chi connectivity index (χ1n) is 7.63. The molecule has 0 fully saturated rings. The number of nitrogens with zero attached hydrogens (tertiary/aromatic N) is 1. The number of hydrogen-bond donors (Lipinski definition) is 0. The second-order valence-corrected chi connectivity index (χ2v) is 6.24. The molecule has 0 aliphatic carbocycles. The van der Waals surface area contributed by atoms with Crippen molar-refractivity contribution in [3.63, 3.8) is 0 Å². The highest BCUT2D eigenvalue weighted by Gasteiger charge is 2.24. The van der Waals surface area contributed by atoms with E-state index >= 15 is 0 Å². The number of amides is 1. The van der Waals surface area contributed by atoms with E-state index < -0.39 is 5.97 Å². The average molecular weight is 386 g/mol. The number of rotatable bonds is 4. The minimum absolute atomic E-state index is 0.206. The summed E-state index contributed by atoms with van der Waals surface area (Å²) < 4.78 is 5.95. The van der Waals surface area contributed by atoms with E-state index in [4.69, 9.17) is 4.74 Å². The van der Waals surface area contributed by atoms with Gasteiger partial charge in [0.25, 0.3) is 5.91 Å². The summed E-state index contributed by atoms with van der Waals surface area (Å²) in [6, 6.07) is 15.3. The van der Waals surface area contributed by atoms with Crippen LogP contribution in [0.3, 0.4) is 0 Å². The van der Waals surface area contributed by atoms with Crippen LogP contribution in [0.25, 0.3) is 6.08 Å². The van der Waals surface area contributed by atoms with Crippen LogP contribution in [0, 0.1) is 0 Å². The molecule has 5 heteroatoms. The van der Waals surface area contributed by atoms with Crippen LogP contribution < -0.4 is 4.90 Å². The third-order valence-corrected chi connectivity index (χ3v) is 4.55. The molecule has 4 nitrogen and oxygen atoms in total. The second-order valence-electron chi connectivity index (χ2n) is 5.39. The number of anilines is 1. The van der Waals surface area contributed by atoms with Gasteiger partial charge in [-0.2, -0.15) is 0 Å². The Hall–Kier alpha value is -2.40. The minimum Gasteiger partial charge on any atom is -0.452 e. The Morgan fingerprint density at radius 3 is 2.71 bits per heavy atom. The van der Waals surface area contributed by atoms with Crippen LogP contribution in [0.2, 0.25) is 0 Å². The molecule has 0 N–H and O–H groups in total.